The molecule has 1 heterocycles. The van der Waals surface area contributed by atoms with E-state index in [1.807, 2.05) is 53.4 Å². The van der Waals surface area contributed by atoms with E-state index >= 15 is 0 Å². The highest BCUT2D eigenvalue weighted by Crippen LogP contribution is 2.46. The van der Waals surface area contributed by atoms with Crippen LogP contribution in [0, 0.1) is 6.92 Å². The van der Waals surface area contributed by atoms with Gasteiger partial charge in [0.15, 0.2) is 17.3 Å². The monoisotopic (exact) mass is 607 g/mol. The number of hydrogen-bond donors (Lipinski definition) is 0. The molecule has 0 N–H and O–H groups in total. The van der Waals surface area contributed by atoms with Crippen LogP contribution < -0.4 is 9.47 Å². The molecule has 1 atom stereocenters. The van der Waals surface area contributed by atoms with Crippen LogP contribution in [-0.2, 0) is 23.7 Å². The van der Waals surface area contributed by atoms with Crippen molar-refractivity contribution >= 4 is 5.91 Å². The molecule has 1 aromatic heterocycles. The van der Waals surface area contributed by atoms with Crippen LogP contribution in [0.2, 0.25) is 0 Å². The molecular weight excluding hydrogens is 558 g/mol. The number of rotatable bonds is 11. The number of aryl methyl sites for hydroxylation is 1. The predicted molar refractivity (Wildman–Crippen MR) is 182 cm³/mol. The number of ether oxygens (including phenoxy) is 2. The summed E-state index contributed by atoms with van der Waals surface area (Å²) in [5.74, 6) is 2.65. The highest BCUT2D eigenvalue weighted by molar-refractivity contribution is 5.91. The number of nitrogens with zero attached hydrogens (tertiary/aromatic N) is 1. The van der Waals surface area contributed by atoms with E-state index in [1.165, 1.54) is 40.7 Å². The molecule has 3 aromatic carbocycles. The summed E-state index contributed by atoms with van der Waals surface area (Å²) in [5.41, 5.74) is 8.04. The molecule has 238 valence electrons. The van der Waals surface area contributed by atoms with E-state index in [0.29, 0.717) is 43.2 Å². The smallest absolute Gasteiger partial charge is 0.289 e. The Bertz CT molecular complexity index is 1630. The molecule has 1 amide bonds. The van der Waals surface area contributed by atoms with Crippen molar-refractivity contribution in [3.63, 3.8) is 0 Å². The van der Waals surface area contributed by atoms with Gasteiger partial charge in [-0.1, -0.05) is 83.1 Å². The number of benzene rings is 3. The number of amides is 1. The zero-order valence-corrected chi connectivity index (χ0v) is 28.3. The lowest BCUT2D eigenvalue weighted by molar-refractivity contribution is 0.0715. The van der Waals surface area contributed by atoms with Gasteiger partial charge in [-0.05, 0) is 101 Å². The Morgan fingerprint density at radius 1 is 0.867 bits per heavy atom. The fraction of sp³-hybridized carbons (Fsp3) is 0.425. The van der Waals surface area contributed by atoms with E-state index in [0.717, 1.165) is 11.3 Å². The lowest BCUT2D eigenvalue weighted by atomic mass is 9.62. The van der Waals surface area contributed by atoms with Crippen molar-refractivity contribution in [3.05, 3.63) is 118 Å². The summed E-state index contributed by atoms with van der Waals surface area (Å²) in [6.45, 7) is 14.9. The maximum atomic E-state index is 14.0. The molecule has 0 aliphatic heterocycles. The highest BCUT2D eigenvalue weighted by atomic mass is 16.5. The largest absolute Gasteiger partial charge is 0.493 e. The summed E-state index contributed by atoms with van der Waals surface area (Å²) in [6.07, 6.45) is 3.72. The van der Waals surface area contributed by atoms with Gasteiger partial charge in [0.2, 0.25) is 0 Å². The fourth-order valence-corrected chi connectivity index (χ4v) is 6.68. The maximum absolute atomic E-state index is 14.0. The van der Waals surface area contributed by atoms with Gasteiger partial charge in [-0.15, -0.1) is 0 Å². The Kier molecular flexibility index (Phi) is 9.48. The van der Waals surface area contributed by atoms with Gasteiger partial charge in [-0.3, -0.25) is 4.79 Å². The number of methoxy groups -OCH3 is 2. The molecule has 1 unspecified atom stereocenters. The van der Waals surface area contributed by atoms with E-state index in [2.05, 4.69) is 65.8 Å². The number of carbonyl (C=O) groups excluding carboxylic acids is 1. The van der Waals surface area contributed by atoms with Crippen LogP contribution in [0.4, 0.5) is 0 Å². The molecule has 0 bridgehead atoms. The first-order chi connectivity index (χ1) is 21.4. The molecule has 0 radical (unpaired) electrons. The first kappa shape index (κ1) is 32.4. The second-order valence-electron chi connectivity index (χ2n) is 14.0. The third kappa shape index (κ3) is 7.13. The van der Waals surface area contributed by atoms with Crippen molar-refractivity contribution in [1.82, 2.24) is 4.90 Å². The molecule has 5 rings (SSSR count). The average Bonchev–Trinajstić information content (AvgIpc) is 3.50. The summed E-state index contributed by atoms with van der Waals surface area (Å²) in [5, 5.41) is 0. The van der Waals surface area contributed by atoms with Crippen LogP contribution in [0.25, 0.3) is 0 Å². The van der Waals surface area contributed by atoms with Crippen LogP contribution >= 0.6 is 0 Å². The topological polar surface area (TPSA) is 51.9 Å². The lowest BCUT2D eigenvalue weighted by Gasteiger charge is -2.42. The highest BCUT2D eigenvalue weighted by Gasteiger charge is 2.37. The zero-order chi connectivity index (χ0) is 32.4. The molecule has 1 aliphatic carbocycles. The van der Waals surface area contributed by atoms with E-state index in [9.17, 15) is 4.79 Å². The average molecular weight is 608 g/mol. The minimum Gasteiger partial charge on any atom is -0.493 e. The normalized spacial score (nSPS) is 15.6. The maximum Gasteiger partial charge on any atom is 0.289 e. The van der Waals surface area contributed by atoms with Gasteiger partial charge in [-0.25, -0.2) is 0 Å². The van der Waals surface area contributed by atoms with Gasteiger partial charge in [0.25, 0.3) is 5.91 Å². The van der Waals surface area contributed by atoms with Crippen molar-refractivity contribution in [2.45, 2.75) is 84.0 Å². The van der Waals surface area contributed by atoms with Crippen molar-refractivity contribution < 1.29 is 18.7 Å². The summed E-state index contributed by atoms with van der Waals surface area (Å²) >= 11 is 0. The van der Waals surface area contributed by atoms with Gasteiger partial charge < -0.3 is 18.8 Å². The molecule has 5 nitrogen and oxygen atoms in total. The molecule has 0 saturated carbocycles. The minimum atomic E-state index is -0.0884. The quantitative estimate of drug-likeness (QED) is 0.171. The van der Waals surface area contributed by atoms with E-state index in [-0.39, 0.29) is 22.7 Å². The van der Waals surface area contributed by atoms with Gasteiger partial charge >= 0.3 is 0 Å². The number of hydrogen-bond acceptors (Lipinski definition) is 4. The van der Waals surface area contributed by atoms with E-state index in [4.69, 9.17) is 13.9 Å². The Labute approximate surface area is 269 Å². The molecule has 0 saturated heterocycles. The van der Waals surface area contributed by atoms with Crippen molar-refractivity contribution in [2.24, 2.45) is 0 Å². The molecule has 4 aromatic rings. The van der Waals surface area contributed by atoms with Crippen LogP contribution in [0.3, 0.4) is 0 Å². The lowest BCUT2D eigenvalue weighted by Crippen LogP contribution is -2.35. The van der Waals surface area contributed by atoms with E-state index in [1.54, 1.807) is 14.2 Å². The summed E-state index contributed by atoms with van der Waals surface area (Å²) in [4.78, 5) is 15.9. The van der Waals surface area contributed by atoms with Crippen molar-refractivity contribution in [2.75, 3.05) is 27.3 Å². The number of fused-ring (bicyclic) bond motifs is 1. The second-order valence-corrected chi connectivity index (χ2v) is 14.0. The first-order valence-corrected chi connectivity index (χ1v) is 16.2. The number of furan rings is 1. The fourth-order valence-electron chi connectivity index (χ4n) is 6.68. The Morgan fingerprint density at radius 2 is 1.53 bits per heavy atom. The molecule has 0 fully saturated rings. The third-order valence-corrected chi connectivity index (χ3v) is 9.81. The third-order valence-electron chi connectivity index (χ3n) is 9.81. The molecule has 1 aliphatic rings. The zero-order valence-electron chi connectivity index (χ0n) is 28.3. The van der Waals surface area contributed by atoms with Crippen LogP contribution in [-0.4, -0.2) is 38.1 Å². The first-order valence-electron chi connectivity index (χ1n) is 16.2. The molecule has 0 spiro atoms. The minimum absolute atomic E-state index is 0.0884. The van der Waals surface area contributed by atoms with Crippen LogP contribution in [0.5, 0.6) is 11.5 Å². The summed E-state index contributed by atoms with van der Waals surface area (Å²) < 4.78 is 17.2. The molecule has 5 heteroatoms. The Morgan fingerprint density at radius 3 is 2.20 bits per heavy atom. The van der Waals surface area contributed by atoms with Gasteiger partial charge in [0.05, 0.1) is 14.2 Å². The Hall–Kier alpha value is -3.99. The van der Waals surface area contributed by atoms with Crippen molar-refractivity contribution in [3.8, 4) is 11.5 Å². The van der Waals surface area contributed by atoms with Crippen LogP contribution in [0.15, 0.2) is 77.2 Å². The molecular formula is C40H49NO4. The van der Waals surface area contributed by atoms with Crippen LogP contribution in [0.1, 0.15) is 103 Å². The SMILES string of the molecule is COc1ccc(CCN(CC(C)c2ccccc2)C(=O)c2ccc(Cc3cc4c(cc3C)C(C)(C)CCC4(C)C)o2)cc1OC. The summed E-state index contributed by atoms with van der Waals surface area (Å²) in [7, 11) is 3.27. The van der Waals surface area contributed by atoms with E-state index < -0.39 is 0 Å². The van der Waals surface area contributed by atoms with Crippen molar-refractivity contribution in [1.29, 1.82) is 0 Å². The van der Waals surface area contributed by atoms with Gasteiger partial charge in [-0.2, -0.15) is 0 Å². The van der Waals surface area contributed by atoms with Gasteiger partial charge in [0, 0.05) is 19.5 Å². The van der Waals surface area contributed by atoms with Gasteiger partial charge in [0.1, 0.15) is 5.76 Å². The Balaban J connectivity index is 1.37. The predicted octanol–water partition coefficient (Wildman–Crippen LogP) is 9.03. The molecule has 45 heavy (non-hydrogen) atoms. The second kappa shape index (κ2) is 13.2. The summed E-state index contributed by atoms with van der Waals surface area (Å²) in [6, 6.07) is 24.9. The number of carbonyl (C=O) groups is 1. The standard InChI is InChI=1S/C40H49NO4/c1-27-22-33-34(40(5,6)20-19-39(33,3)4)25-31(27)24-32-15-17-36(45-32)38(42)41(26-28(2)30-12-10-9-11-13-30)21-18-29-14-16-35(43-7)37(23-29)44-8/h9-17,22-23,25,28H,18-21,24,26H2,1-8H3.